The van der Waals surface area contributed by atoms with Crippen LogP contribution in [-0.2, 0) is 39.4 Å². The number of rotatable bonds is 11. The average molecular weight is 711 g/mol. The highest BCUT2D eigenvalue weighted by Crippen LogP contribution is 2.60. The molecular weight excluding hydrogens is 668 g/mol. The van der Waals surface area contributed by atoms with Gasteiger partial charge in [0, 0.05) is 55.6 Å². The predicted octanol–water partition coefficient (Wildman–Crippen LogP) is 5.76. The number of hydrogen-bond donors (Lipinski definition) is 1. The van der Waals surface area contributed by atoms with Gasteiger partial charge < -0.3 is 23.6 Å². The summed E-state index contributed by atoms with van der Waals surface area (Å²) < 4.78 is 30.5. The smallest absolute Gasteiger partial charge is 0.264 e. The van der Waals surface area contributed by atoms with Gasteiger partial charge in [0.2, 0.25) is 14.3 Å². The van der Waals surface area contributed by atoms with Crippen LogP contribution in [0.3, 0.4) is 0 Å². The molecule has 266 valence electrons. The van der Waals surface area contributed by atoms with Crippen LogP contribution in [0.5, 0.6) is 5.75 Å². The van der Waals surface area contributed by atoms with Crippen LogP contribution in [0.4, 0.5) is 15.5 Å². The summed E-state index contributed by atoms with van der Waals surface area (Å²) in [6.45, 7) is 5.96. The van der Waals surface area contributed by atoms with E-state index in [-0.39, 0.29) is 25.0 Å². The van der Waals surface area contributed by atoms with E-state index >= 15 is 4.11 Å². The lowest BCUT2D eigenvalue weighted by molar-refractivity contribution is -0.146. The molecule has 0 bridgehead atoms. The first-order valence-corrected chi connectivity index (χ1v) is 20.4. The monoisotopic (exact) mass is 710 g/mol. The zero-order valence-electron chi connectivity index (χ0n) is 29.3. The molecule has 0 unspecified atom stereocenters. The Morgan fingerprint density at radius 2 is 1.82 bits per heavy atom. The molecule has 1 N–H and O–H groups in total. The minimum Gasteiger partial charge on any atom is -0.497 e. The fourth-order valence-corrected chi connectivity index (χ4v) is 10.6. The van der Waals surface area contributed by atoms with Crippen molar-refractivity contribution in [2.75, 3.05) is 23.6 Å². The predicted molar refractivity (Wildman–Crippen MR) is 194 cm³/mol. The summed E-state index contributed by atoms with van der Waals surface area (Å²) in [4.78, 5) is 29.5. The highest BCUT2D eigenvalue weighted by molar-refractivity contribution is 6.72. The SMILES string of the molecule is COc1ccc2c(c1)[C@]1(O[C@@H](CCn3cc(CCO)nn3)[C@H]([Si](C)(C)F)[C@H]1C)C(=O)N2Cc1ccc(N2N=C(c3ccccc3)CCC2=O)cc1. The Morgan fingerprint density at radius 1 is 1.06 bits per heavy atom. The van der Waals surface area contributed by atoms with E-state index in [4.69, 9.17) is 9.47 Å². The number of benzene rings is 3. The maximum Gasteiger partial charge on any atom is 0.264 e. The first-order chi connectivity index (χ1) is 24.5. The molecule has 4 heterocycles. The van der Waals surface area contributed by atoms with Gasteiger partial charge in [-0.05, 0) is 61.0 Å². The lowest BCUT2D eigenvalue weighted by Crippen LogP contribution is -2.45. The summed E-state index contributed by atoms with van der Waals surface area (Å²) in [5.41, 5.74) is 3.52. The lowest BCUT2D eigenvalue weighted by atomic mass is 9.82. The number of nitrogens with zero attached hydrogens (tertiary/aromatic N) is 6. The molecule has 3 aliphatic rings. The molecule has 51 heavy (non-hydrogen) atoms. The fourth-order valence-electron chi connectivity index (χ4n) is 8.03. The third-order valence-electron chi connectivity index (χ3n) is 10.4. The van der Waals surface area contributed by atoms with E-state index < -0.39 is 31.6 Å². The number of aryl methyl sites for hydroxylation is 1. The second-order valence-electron chi connectivity index (χ2n) is 14.1. The number of methoxy groups -OCH3 is 1. The third kappa shape index (κ3) is 6.38. The van der Waals surface area contributed by atoms with E-state index in [1.807, 2.05) is 79.7 Å². The maximum atomic E-state index is 16.3. The molecule has 0 aliphatic carbocycles. The van der Waals surface area contributed by atoms with Gasteiger partial charge in [0.15, 0.2) is 5.60 Å². The number of hydrogen-bond acceptors (Lipinski definition) is 8. The van der Waals surface area contributed by atoms with Gasteiger partial charge in [0.05, 0.1) is 42.5 Å². The quantitative estimate of drug-likeness (QED) is 0.155. The fraction of sp³-hybridized carbons (Fsp3) is 0.395. The van der Waals surface area contributed by atoms with Gasteiger partial charge in [-0.25, -0.2) is 5.01 Å². The number of aliphatic hydroxyl groups is 1. The molecule has 1 spiro atoms. The largest absolute Gasteiger partial charge is 0.497 e. The highest BCUT2D eigenvalue weighted by Gasteiger charge is 2.66. The van der Waals surface area contributed by atoms with Gasteiger partial charge in [-0.3, -0.25) is 14.3 Å². The van der Waals surface area contributed by atoms with Crippen LogP contribution in [-0.4, -0.2) is 65.9 Å². The van der Waals surface area contributed by atoms with Gasteiger partial charge in [-0.1, -0.05) is 54.6 Å². The topological polar surface area (TPSA) is 122 Å². The van der Waals surface area contributed by atoms with Crippen molar-refractivity contribution in [3.63, 3.8) is 0 Å². The number of aromatic nitrogens is 3. The van der Waals surface area contributed by atoms with Crippen molar-refractivity contribution in [3.05, 3.63) is 101 Å². The number of fused-ring (bicyclic) bond motifs is 2. The van der Waals surface area contributed by atoms with E-state index in [0.717, 1.165) is 16.8 Å². The lowest BCUT2D eigenvalue weighted by Gasteiger charge is -2.31. The van der Waals surface area contributed by atoms with Gasteiger partial charge >= 0.3 is 0 Å². The van der Waals surface area contributed by atoms with Crippen molar-refractivity contribution >= 4 is 37.3 Å². The molecule has 0 saturated carbocycles. The Bertz CT molecular complexity index is 1950. The zero-order valence-corrected chi connectivity index (χ0v) is 30.3. The van der Waals surface area contributed by atoms with Gasteiger partial charge in [-0.2, -0.15) is 5.10 Å². The summed E-state index contributed by atoms with van der Waals surface area (Å²) in [6, 6.07) is 22.9. The van der Waals surface area contributed by atoms with Gasteiger partial charge in [-0.15, -0.1) is 5.10 Å². The van der Waals surface area contributed by atoms with Crippen LogP contribution in [0, 0.1) is 5.92 Å². The van der Waals surface area contributed by atoms with Crippen LogP contribution < -0.4 is 14.6 Å². The molecule has 2 amide bonds. The van der Waals surface area contributed by atoms with Gasteiger partial charge in [0.25, 0.3) is 5.91 Å². The number of halogens is 1. The van der Waals surface area contributed by atoms with E-state index in [9.17, 15) is 14.7 Å². The molecule has 1 saturated heterocycles. The number of hydrazone groups is 1. The first kappa shape index (κ1) is 34.7. The Labute approximate surface area is 297 Å². The number of carbonyl (C=O) groups is 2. The molecule has 13 heteroatoms. The highest BCUT2D eigenvalue weighted by atomic mass is 28.4. The van der Waals surface area contributed by atoms with Crippen LogP contribution in [0.1, 0.15) is 48.6 Å². The summed E-state index contributed by atoms with van der Waals surface area (Å²) in [7, 11) is -1.78. The summed E-state index contributed by atoms with van der Waals surface area (Å²) >= 11 is 0. The minimum atomic E-state index is -3.36. The normalized spacial score (nSPS) is 23.3. The number of ether oxygens (including phenoxy) is 2. The number of aliphatic hydroxyl groups excluding tert-OH is 1. The van der Waals surface area contributed by atoms with Crippen molar-refractivity contribution in [3.8, 4) is 5.75 Å². The van der Waals surface area contributed by atoms with Gasteiger partial charge in [0.1, 0.15) is 5.75 Å². The second kappa shape index (κ2) is 13.8. The van der Waals surface area contributed by atoms with Crippen LogP contribution >= 0.6 is 0 Å². The molecule has 1 aromatic heterocycles. The Hall–Kier alpha value is -4.72. The third-order valence-corrected chi connectivity index (χ3v) is 12.9. The van der Waals surface area contributed by atoms with E-state index in [0.29, 0.717) is 60.6 Å². The molecule has 3 aliphatic heterocycles. The van der Waals surface area contributed by atoms with Crippen molar-refractivity contribution in [2.24, 2.45) is 11.0 Å². The molecule has 1 fully saturated rings. The standard InChI is InChI=1S/C38H43FN6O5Si/c1-25-36(51(3,4)39)34(18-20-43-24-28(19-21-46)40-42-43)50-38(25)31-22-30(49-2)14-16-33(31)44(37(38)48)23-26-10-12-29(13-11-26)45-35(47)17-15-32(41-45)27-8-6-5-7-9-27/h5-14,16,22,24-25,34,36,46H,15,17-21,23H2,1-4H3/t25-,34+,36-,38+/m1/s1. The Morgan fingerprint density at radius 3 is 2.53 bits per heavy atom. The minimum absolute atomic E-state index is 0.0257. The number of amides is 2. The summed E-state index contributed by atoms with van der Waals surface area (Å²) in [6.07, 6.45) is 3.03. The number of anilines is 2. The van der Waals surface area contributed by atoms with Crippen LogP contribution in [0.25, 0.3) is 0 Å². The van der Waals surface area contributed by atoms with Crippen molar-refractivity contribution in [2.45, 2.75) is 76.0 Å². The molecule has 3 aromatic carbocycles. The number of carbonyl (C=O) groups excluding carboxylic acids is 2. The maximum absolute atomic E-state index is 16.3. The Kier molecular flexibility index (Phi) is 9.38. The summed E-state index contributed by atoms with van der Waals surface area (Å²) in [5, 5.41) is 23.7. The molecule has 4 aromatic rings. The van der Waals surface area contributed by atoms with Crippen LogP contribution in [0.15, 0.2) is 84.1 Å². The first-order valence-electron chi connectivity index (χ1n) is 17.5. The summed E-state index contributed by atoms with van der Waals surface area (Å²) in [5.74, 6) is -0.183. The molecule has 4 atom stereocenters. The van der Waals surface area contributed by atoms with E-state index in [1.54, 1.807) is 36.0 Å². The van der Waals surface area contributed by atoms with E-state index in [2.05, 4.69) is 15.4 Å². The van der Waals surface area contributed by atoms with Crippen molar-refractivity contribution < 1.29 is 28.3 Å². The Balaban J connectivity index is 1.17. The zero-order chi connectivity index (χ0) is 35.9. The molecule has 0 radical (unpaired) electrons. The molecular formula is C38H43FN6O5Si. The second-order valence-corrected chi connectivity index (χ2v) is 17.9. The van der Waals surface area contributed by atoms with Crippen LogP contribution in [0.2, 0.25) is 18.6 Å². The van der Waals surface area contributed by atoms with E-state index in [1.165, 1.54) is 5.01 Å². The molecule has 11 nitrogen and oxygen atoms in total. The molecule has 7 rings (SSSR count). The van der Waals surface area contributed by atoms with Crippen molar-refractivity contribution in [1.29, 1.82) is 0 Å². The average Bonchev–Trinajstić information content (AvgIpc) is 3.77. The van der Waals surface area contributed by atoms with Crippen molar-refractivity contribution in [1.82, 2.24) is 15.0 Å².